The molecule has 1 N–H and O–H groups in total. The molecular formula is C18H22N4O. The van der Waals surface area contributed by atoms with Crippen LogP contribution in [-0.4, -0.2) is 36.2 Å². The molecule has 1 aromatic carbocycles. The van der Waals surface area contributed by atoms with E-state index in [1.807, 2.05) is 12.4 Å². The number of aromatic nitrogens is 1. The molecule has 2 aliphatic heterocycles. The standard InChI is InChI=1S/C18H22N4O/c1-13-3-5-14(6-4-13)22-17-11-19-9-7-16(17)18(20-22)21-10-8-15(12-21)23-2/h3-7,9,11,15,18,20H,8,10,12H2,1-2H3. The Balaban J connectivity index is 1.65. The van der Waals surface area contributed by atoms with Crippen molar-refractivity contribution in [3.05, 3.63) is 53.9 Å². The lowest BCUT2D eigenvalue weighted by Crippen LogP contribution is -2.39. The molecule has 120 valence electrons. The third kappa shape index (κ3) is 2.61. The first-order valence-corrected chi connectivity index (χ1v) is 8.10. The van der Waals surface area contributed by atoms with E-state index in [1.165, 1.54) is 11.1 Å². The van der Waals surface area contributed by atoms with E-state index in [9.17, 15) is 0 Å². The van der Waals surface area contributed by atoms with Crippen molar-refractivity contribution in [1.82, 2.24) is 15.3 Å². The van der Waals surface area contributed by atoms with Crippen LogP contribution in [0.5, 0.6) is 0 Å². The van der Waals surface area contributed by atoms with Crippen molar-refractivity contribution in [2.24, 2.45) is 0 Å². The molecule has 0 saturated carbocycles. The zero-order chi connectivity index (χ0) is 15.8. The highest BCUT2D eigenvalue weighted by atomic mass is 16.5. The molecule has 0 amide bonds. The van der Waals surface area contributed by atoms with E-state index in [2.05, 4.69) is 57.6 Å². The van der Waals surface area contributed by atoms with Crippen molar-refractivity contribution in [3.63, 3.8) is 0 Å². The van der Waals surface area contributed by atoms with Crippen LogP contribution in [0.2, 0.25) is 0 Å². The van der Waals surface area contributed by atoms with Crippen LogP contribution in [0.1, 0.15) is 23.7 Å². The number of ether oxygens (including phenoxy) is 1. The van der Waals surface area contributed by atoms with Crippen LogP contribution < -0.4 is 10.4 Å². The summed E-state index contributed by atoms with van der Waals surface area (Å²) in [6.45, 7) is 4.10. The average molecular weight is 310 g/mol. The van der Waals surface area contributed by atoms with Gasteiger partial charge in [0.1, 0.15) is 6.17 Å². The van der Waals surface area contributed by atoms with E-state index in [1.54, 1.807) is 7.11 Å². The van der Waals surface area contributed by atoms with Crippen LogP contribution in [0, 0.1) is 6.92 Å². The lowest BCUT2D eigenvalue weighted by Gasteiger charge is -2.26. The van der Waals surface area contributed by atoms with Crippen LogP contribution in [0.25, 0.3) is 0 Å². The molecule has 0 spiro atoms. The fraction of sp³-hybridized carbons (Fsp3) is 0.389. The second kappa shape index (κ2) is 5.92. The molecule has 0 bridgehead atoms. The van der Waals surface area contributed by atoms with Gasteiger partial charge in [0, 0.05) is 32.0 Å². The second-order valence-corrected chi connectivity index (χ2v) is 6.28. The number of hydrogen-bond donors (Lipinski definition) is 1. The molecule has 5 heteroatoms. The average Bonchev–Trinajstić information content (AvgIpc) is 3.20. The molecule has 3 heterocycles. The van der Waals surface area contributed by atoms with Crippen LogP contribution in [0.3, 0.4) is 0 Å². The predicted octanol–water partition coefficient (Wildman–Crippen LogP) is 2.77. The zero-order valence-electron chi connectivity index (χ0n) is 13.6. The SMILES string of the molecule is COC1CCN(C2NN(c3ccc(C)cc3)c3cnccc32)C1. The number of rotatable bonds is 3. The Kier molecular flexibility index (Phi) is 3.77. The van der Waals surface area contributed by atoms with Crippen molar-refractivity contribution in [1.29, 1.82) is 0 Å². The summed E-state index contributed by atoms with van der Waals surface area (Å²) in [5.41, 5.74) is 8.44. The van der Waals surface area contributed by atoms with Gasteiger partial charge < -0.3 is 4.74 Å². The van der Waals surface area contributed by atoms with Gasteiger partial charge in [0.2, 0.25) is 0 Å². The Bertz CT molecular complexity index is 688. The highest BCUT2D eigenvalue weighted by Gasteiger charge is 2.36. The quantitative estimate of drug-likeness (QED) is 0.944. The normalized spacial score (nSPS) is 24.2. The van der Waals surface area contributed by atoms with Gasteiger partial charge in [-0.25, -0.2) is 5.43 Å². The largest absolute Gasteiger partial charge is 0.380 e. The fourth-order valence-corrected chi connectivity index (χ4v) is 3.44. The molecule has 2 aliphatic rings. The number of pyridine rings is 1. The van der Waals surface area contributed by atoms with Gasteiger partial charge in [0.05, 0.1) is 23.7 Å². The molecule has 1 aromatic heterocycles. The highest BCUT2D eigenvalue weighted by Crippen LogP contribution is 2.39. The van der Waals surface area contributed by atoms with E-state index in [0.717, 1.165) is 30.9 Å². The summed E-state index contributed by atoms with van der Waals surface area (Å²) < 4.78 is 5.52. The summed E-state index contributed by atoms with van der Waals surface area (Å²) in [6, 6.07) is 10.7. The monoisotopic (exact) mass is 310 g/mol. The molecular weight excluding hydrogens is 288 g/mol. The molecule has 1 fully saturated rings. The van der Waals surface area contributed by atoms with E-state index in [4.69, 9.17) is 4.74 Å². The predicted molar refractivity (Wildman–Crippen MR) is 90.4 cm³/mol. The summed E-state index contributed by atoms with van der Waals surface area (Å²) in [7, 11) is 1.80. The van der Waals surface area contributed by atoms with Gasteiger partial charge in [0.25, 0.3) is 0 Å². The Morgan fingerprint density at radius 3 is 2.78 bits per heavy atom. The minimum Gasteiger partial charge on any atom is -0.380 e. The lowest BCUT2D eigenvalue weighted by molar-refractivity contribution is 0.0979. The number of methoxy groups -OCH3 is 1. The number of likely N-dealkylation sites (tertiary alicyclic amines) is 1. The number of nitrogens with zero attached hydrogens (tertiary/aromatic N) is 3. The first-order valence-electron chi connectivity index (χ1n) is 8.10. The van der Waals surface area contributed by atoms with E-state index >= 15 is 0 Å². The molecule has 2 aromatic rings. The fourth-order valence-electron chi connectivity index (χ4n) is 3.44. The second-order valence-electron chi connectivity index (χ2n) is 6.28. The maximum atomic E-state index is 5.52. The third-order valence-corrected chi connectivity index (χ3v) is 4.79. The third-order valence-electron chi connectivity index (χ3n) is 4.79. The summed E-state index contributed by atoms with van der Waals surface area (Å²) in [5.74, 6) is 0. The van der Waals surface area contributed by atoms with Crippen molar-refractivity contribution in [3.8, 4) is 0 Å². The number of hydrazine groups is 1. The summed E-state index contributed by atoms with van der Waals surface area (Å²) in [6.07, 6.45) is 5.40. The lowest BCUT2D eigenvalue weighted by atomic mass is 10.1. The molecule has 5 nitrogen and oxygen atoms in total. The Morgan fingerprint density at radius 2 is 2.04 bits per heavy atom. The number of hydrogen-bond acceptors (Lipinski definition) is 5. The molecule has 0 radical (unpaired) electrons. The van der Waals surface area contributed by atoms with Crippen molar-refractivity contribution in [2.45, 2.75) is 25.6 Å². The smallest absolute Gasteiger partial charge is 0.106 e. The number of fused-ring (bicyclic) bond motifs is 1. The molecule has 0 aliphatic carbocycles. The molecule has 4 rings (SSSR count). The topological polar surface area (TPSA) is 40.6 Å². The minimum atomic E-state index is 0.175. The van der Waals surface area contributed by atoms with Gasteiger partial charge >= 0.3 is 0 Å². The van der Waals surface area contributed by atoms with Crippen LogP contribution in [-0.2, 0) is 4.74 Å². The van der Waals surface area contributed by atoms with Crippen LogP contribution in [0.15, 0.2) is 42.7 Å². The van der Waals surface area contributed by atoms with E-state index in [-0.39, 0.29) is 6.17 Å². The van der Waals surface area contributed by atoms with Crippen LogP contribution in [0.4, 0.5) is 11.4 Å². The van der Waals surface area contributed by atoms with Gasteiger partial charge in [0.15, 0.2) is 0 Å². The first-order chi connectivity index (χ1) is 11.3. The van der Waals surface area contributed by atoms with Crippen molar-refractivity contribution in [2.75, 3.05) is 25.2 Å². The summed E-state index contributed by atoms with van der Waals surface area (Å²) in [5, 5.41) is 2.15. The maximum Gasteiger partial charge on any atom is 0.106 e. The van der Waals surface area contributed by atoms with Gasteiger partial charge in [-0.15, -0.1) is 0 Å². The molecule has 2 atom stereocenters. The van der Waals surface area contributed by atoms with Crippen molar-refractivity contribution < 1.29 is 4.74 Å². The number of benzene rings is 1. The minimum absolute atomic E-state index is 0.175. The van der Waals surface area contributed by atoms with Gasteiger partial charge in [-0.1, -0.05) is 17.7 Å². The van der Waals surface area contributed by atoms with E-state index in [0.29, 0.717) is 6.10 Å². The highest BCUT2D eigenvalue weighted by molar-refractivity contribution is 5.68. The number of anilines is 2. The number of aryl methyl sites for hydroxylation is 1. The van der Waals surface area contributed by atoms with Crippen LogP contribution >= 0.6 is 0 Å². The Labute approximate surface area is 136 Å². The molecule has 23 heavy (non-hydrogen) atoms. The Hall–Kier alpha value is -1.95. The van der Waals surface area contributed by atoms with Gasteiger partial charge in [-0.05, 0) is 31.5 Å². The zero-order valence-corrected chi connectivity index (χ0v) is 13.6. The molecule has 1 saturated heterocycles. The van der Waals surface area contributed by atoms with E-state index < -0.39 is 0 Å². The van der Waals surface area contributed by atoms with Gasteiger partial charge in [-0.3, -0.25) is 14.9 Å². The summed E-state index contributed by atoms with van der Waals surface area (Å²) >= 11 is 0. The first kappa shape index (κ1) is 14.6. The molecule has 2 unspecified atom stereocenters. The maximum absolute atomic E-state index is 5.52. The summed E-state index contributed by atoms with van der Waals surface area (Å²) in [4.78, 5) is 6.76. The number of nitrogens with one attached hydrogen (secondary N) is 1. The van der Waals surface area contributed by atoms with Gasteiger partial charge in [-0.2, -0.15) is 0 Å². The van der Waals surface area contributed by atoms with Crippen molar-refractivity contribution >= 4 is 11.4 Å². The Morgan fingerprint density at radius 1 is 1.22 bits per heavy atom.